The maximum Gasteiger partial charge on any atom is 0.245 e. The second kappa shape index (κ2) is 4.23. The van der Waals surface area contributed by atoms with E-state index in [4.69, 9.17) is 0 Å². The van der Waals surface area contributed by atoms with Crippen LogP contribution >= 0.6 is 11.8 Å². The van der Waals surface area contributed by atoms with Gasteiger partial charge >= 0.3 is 0 Å². The first-order valence-corrected chi connectivity index (χ1v) is 5.02. The van der Waals surface area contributed by atoms with Gasteiger partial charge in [-0.15, -0.1) is 11.8 Å². The summed E-state index contributed by atoms with van der Waals surface area (Å²) in [6, 6.07) is 1.71. The van der Waals surface area contributed by atoms with Gasteiger partial charge in [0.2, 0.25) is 5.91 Å². The lowest BCUT2D eigenvalue weighted by Crippen LogP contribution is -2.06. The summed E-state index contributed by atoms with van der Waals surface area (Å²) in [6.45, 7) is 3.35. The molecule has 0 spiro atoms. The normalized spacial score (nSPS) is 11.8. The van der Waals surface area contributed by atoms with Gasteiger partial charge < -0.3 is 0 Å². The van der Waals surface area contributed by atoms with Crippen molar-refractivity contribution in [3.05, 3.63) is 12.3 Å². The molecule has 1 aromatic rings. The molecule has 0 aliphatic carbocycles. The number of aromatic nitrogens is 2. The summed E-state index contributed by atoms with van der Waals surface area (Å²) in [4.78, 5) is 15.2. The molecule has 1 rings (SSSR count). The van der Waals surface area contributed by atoms with Gasteiger partial charge in [0.15, 0.2) is 5.82 Å². The number of aliphatic imine (C=N–C) groups is 1. The van der Waals surface area contributed by atoms with Gasteiger partial charge in [-0.2, -0.15) is 9.78 Å². The third kappa shape index (κ3) is 2.42. The van der Waals surface area contributed by atoms with Crippen molar-refractivity contribution in [2.75, 3.05) is 6.26 Å². The summed E-state index contributed by atoms with van der Waals surface area (Å²) >= 11 is 1.54. The van der Waals surface area contributed by atoms with Crippen LogP contribution in [0.15, 0.2) is 17.3 Å². The lowest BCUT2D eigenvalue weighted by Gasteiger charge is -1.98. The van der Waals surface area contributed by atoms with Crippen molar-refractivity contribution in [2.45, 2.75) is 13.8 Å². The molecule has 0 unspecified atom stereocenters. The maximum absolute atomic E-state index is 11.0. The third-order valence-corrected chi connectivity index (χ3v) is 2.17. The van der Waals surface area contributed by atoms with Crippen LogP contribution in [0.3, 0.4) is 0 Å². The van der Waals surface area contributed by atoms with Crippen LogP contribution in [0.2, 0.25) is 0 Å². The van der Waals surface area contributed by atoms with Gasteiger partial charge in [0.25, 0.3) is 0 Å². The molecule has 5 heteroatoms. The van der Waals surface area contributed by atoms with Crippen LogP contribution < -0.4 is 0 Å². The number of carbonyl (C=O) groups excluding carboxylic acids is 1. The Morgan fingerprint density at radius 1 is 1.62 bits per heavy atom. The Morgan fingerprint density at radius 2 is 2.31 bits per heavy atom. The standard InChI is InChI=1S/C8H11N3OS/c1-6(13-3)10-8-4-5-9-11(8)7(2)12/h4-5H,1-3H3/b10-6+. The van der Waals surface area contributed by atoms with Gasteiger partial charge in [-0.3, -0.25) is 4.79 Å². The van der Waals surface area contributed by atoms with E-state index in [2.05, 4.69) is 10.1 Å². The zero-order chi connectivity index (χ0) is 9.84. The van der Waals surface area contributed by atoms with Crippen LogP contribution in [0.4, 0.5) is 5.82 Å². The quantitative estimate of drug-likeness (QED) is 0.510. The molecule has 0 radical (unpaired) electrons. The molecule has 0 aliphatic heterocycles. The molecular weight excluding hydrogens is 186 g/mol. The van der Waals surface area contributed by atoms with Gasteiger partial charge in [-0.25, -0.2) is 4.99 Å². The van der Waals surface area contributed by atoms with Crippen molar-refractivity contribution in [3.8, 4) is 0 Å². The van der Waals surface area contributed by atoms with E-state index < -0.39 is 0 Å². The average Bonchev–Trinajstić information content (AvgIpc) is 2.52. The Balaban J connectivity index is 3.01. The summed E-state index contributed by atoms with van der Waals surface area (Å²) in [5, 5.41) is 4.76. The van der Waals surface area contributed by atoms with E-state index in [-0.39, 0.29) is 5.91 Å². The van der Waals surface area contributed by atoms with Crippen molar-refractivity contribution in [1.29, 1.82) is 0 Å². The molecule has 70 valence electrons. The predicted molar refractivity (Wildman–Crippen MR) is 54.8 cm³/mol. The van der Waals surface area contributed by atoms with E-state index >= 15 is 0 Å². The number of hydrogen-bond donors (Lipinski definition) is 0. The molecule has 0 saturated heterocycles. The first-order chi connectivity index (χ1) is 6.15. The largest absolute Gasteiger partial charge is 0.273 e. The average molecular weight is 197 g/mol. The molecule has 0 saturated carbocycles. The van der Waals surface area contributed by atoms with Gasteiger partial charge in [0, 0.05) is 13.0 Å². The lowest BCUT2D eigenvalue weighted by molar-refractivity contribution is 0.0923. The van der Waals surface area contributed by atoms with Crippen molar-refractivity contribution in [3.63, 3.8) is 0 Å². The van der Waals surface area contributed by atoms with Crippen LogP contribution in [0, 0.1) is 0 Å². The predicted octanol–water partition coefficient (Wildman–Crippen LogP) is 1.96. The molecule has 0 bridgehead atoms. The topological polar surface area (TPSA) is 47.2 Å². The van der Waals surface area contributed by atoms with Crippen molar-refractivity contribution in [1.82, 2.24) is 9.78 Å². The highest BCUT2D eigenvalue weighted by Crippen LogP contribution is 2.13. The van der Waals surface area contributed by atoms with E-state index in [0.29, 0.717) is 5.82 Å². The van der Waals surface area contributed by atoms with E-state index in [9.17, 15) is 4.79 Å². The molecule has 4 nitrogen and oxygen atoms in total. The molecule has 0 fully saturated rings. The van der Waals surface area contributed by atoms with Gasteiger partial charge in [0.05, 0.1) is 11.2 Å². The van der Waals surface area contributed by atoms with E-state index in [1.165, 1.54) is 11.6 Å². The first-order valence-electron chi connectivity index (χ1n) is 3.79. The van der Waals surface area contributed by atoms with Crippen molar-refractivity contribution < 1.29 is 4.79 Å². The zero-order valence-electron chi connectivity index (χ0n) is 7.81. The molecule has 13 heavy (non-hydrogen) atoms. The molecule has 1 heterocycles. The van der Waals surface area contributed by atoms with Crippen molar-refractivity contribution >= 4 is 28.5 Å². The number of thioether (sulfide) groups is 1. The van der Waals surface area contributed by atoms with Gasteiger partial charge in [0.1, 0.15) is 0 Å². The summed E-state index contributed by atoms with van der Waals surface area (Å²) in [7, 11) is 0. The summed E-state index contributed by atoms with van der Waals surface area (Å²) in [5.74, 6) is 0.456. The molecule has 0 aliphatic rings. The number of carbonyl (C=O) groups is 1. The Kier molecular flexibility index (Phi) is 3.25. The van der Waals surface area contributed by atoms with Crippen LogP contribution in [0.1, 0.15) is 18.6 Å². The Morgan fingerprint density at radius 3 is 2.85 bits per heavy atom. The van der Waals surface area contributed by atoms with Crippen LogP contribution in [0.25, 0.3) is 0 Å². The SMILES string of the molecule is CS/C(C)=N/c1ccnn1C(C)=O. The van der Waals surface area contributed by atoms with Gasteiger partial charge in [-0.1, -0.05) is 0 Å². The summed E-state index contributed by atoms with van der Waals surface area (Å²) in [6.07, 6.45) is 3.50. The Labute approximate surface area is 81.0 Å². The fraction of sp³-hybridized carbons (Fsp3) is 0.375. The zero-order valence-corrected chi connectivity index (χ0v) is 8.63. The highest BCUT2D eigenvalue weighted by atomic mass is 32.2. The smallest absolute Gasteiger partial charge is 0.245 e. The molecule has 0 aromatic carbocycles. The van der Waals surface area contributed by atoms with Crippen LogP contribution in [0.5, 0.6) is 0 Å². The highest BCUT2D eigenvalue weighted by Gasteiger charge is 2.04. The number of rotatable bonds is 1. The molecule has 0 amide bonds. The highest BCUT2D eigenvalue weighted by molar-refractivity contribution is 8.13. The third-order valence-electron chi connectivity index (χ3n) is 1.49. The second-order valence-electron chi connectivity index (χ2n) is 2.46. The van der Waals surface area contributed by atoms with Gasteiger partial charge in [-0.05, 0) is 13.2 Å². The van der Waals surface area contributed by atoms with E-state index in [1.54, 1.807) is 24.0 Å². The Hall–Kier alpha value is -1.10. The lowest BCUT2D eigenvalue weighted by atomic mass is 10.6. The fourth-order valence-electron chi connectivity index (χ4n) is 0.831. The Bertz CT molecular complexity index is 343. The molecule has 1 aromatic heterocycles. The van der Waals surface area contributed by atoms with E-state index in [0.717, 1.165) is 5.04 Å². The molecule has 0 N–H and O–H groups in total. The van der Waals surface area contributed by atoms with E-state index in [1.807, 2.05) is 13.2 Å². The minimum absolute atomic E-state index is 0.127. The first kappa shape index (κ1) is 9.98. The maximum atomic E-state index is 11.0. The van der Waals surface area contributed by atoms with Crippen LogP contribution in [-0.4, -0.2) is 27.0 Å². The van der Waals surface area contributed by atoms with Crippen molar-refractivity contribution in [2.24, 2.45) is 4.99 Å². The minimum Gasteiger partial charge on any atom is -0.273 e. The summed E-state index contributed by atoms with van der Waals surface area (Å²) < 4.78 is 1.28. The molecule has 0 atom stereocenters. The van der Waals surface area contributed by atoms with Crippen LogP contribution in [-0.2, 0) is 0 Å². The minimum atomic E-state index is -0.127. The summed E-state index contributed by atoms with van der Waals surface area (Å²) in [5.41, 5.74) is 0. The number of nitrogens with zero attached hydrogens (tertiary/aromatic N) is 3. The fourth-order valence-corrected chi connectivity index (χ4v) is 1.02. The number of hydrogen-bond acceptors (Lipinski definition) is 4. The molecular formula is C8H11N3OS. The monoisotopic (exact) mass is 197 g/mol. The second-order valence-corrected chi connectivity index (χ2v) is 3.45.